The summed E-state index contributed by atoms with van der Waals surface area (Å²) in [6, 6.07) is 5.75. The van der Waals surface area contributed by atoms with Gasteiger partial charge in [0.05, 0.1) is 0 Å². The van der Waals surface area contributed by atoms with E-state index in [1.165, 1.54) is 0 Å². The fourth-order valence-electron chi connectivity index (χ4n) is 1.35. The average molecular weight is 223 g/mol. The Morgan fingerprint density at radius 1 is 1.40 bits per heavy atom. The molecule has 0 aromatic heterocycles. The summed E-state index contributed by atoms with van der Waals surface area (Å²) in [5, 5.41) is 2.75. The van der Waals surface area contributed by atoms with Gasteiger partial charge in [-0.05, 0) is 23.3 Å². The monoisotopic (exact) mass is 222 g/mol. The summed E-state index contributed by atoms with van der Waals surface area (Å²) in [7, 11) is 0. The predicted molar refractivity (Wildman–Crippen MR) is 71.5 cm³/mol. The Hall–Kier alpha value is -1.01. The van der Waals surface area contributed by atoms with E-state index in [9.17, 15) is 0 Å². The van der Waals surface area contributed by atoms with Gasteiger partial charge in [0, 0.05) is 10.2 Å². The normalized spacial score (nSPS) is 11.2. The van der Waals surface area contributed by atoms with Crippen molar-refractivity contribution >= 4 is 23.8 Å². The maximum atomic E-state index is 6.07. The summed E-state index contributed by atoms with van der Waals surface area (Å²) >= 11 is 6.07. The Kier molecular flexibility index (Phi) is 6.81. The molecule has 0 aliphatic carbocycles. The maximum Gasteiger partial charge on any atom is 0.0486 e. The lowest BCUT2D eigenvalue weighted by Crippen LogP contribution is -2.25. The summed E-state index contributed by atoms with van der Waals surface area (Å²) < 4.78 is 0. The molecule has 0 aliphatic rings. The van der Waals surface area contributed by atoms with Crippen molar-refractivity contribution in [2.75, 3.05) is 0 Å². The third kappa shape index (κ3) is 3.56. The van der Waals surface area contributed by atoms with Gasteiger partial charge in [0.25, 0.3) is 0 Å². The summed E-state index contributed by atoms with van der Waals surface area (Å²) in [5.41, 5.74) is 1.15. The van der Waals surface area contributed by atoms with Gasteiger partial charge in [-0.2, -0.15) is 0 Å². The number of hydrogen-bond donors (Lipinski definition) is 0. The molecule has 0 spiro atoms. The van der Waals surface area contributed by atoms with Gasteiger partial charge in [0.2, 0.25) is 0 Å². The lowest BCUT2D eigenvalue weighted by molar-refractivity contribution is 1.23. The van der Waals surface area contributed by atoms with Gasteiger partial charge >= 0.3 is 0 Å². The zero-order valence-corrected chi connectivity index (χ0v) is 10.6. The summed E-state index contributed by atoms with van der Waals surface area (Å²) in [6.45, 7) is 13.8. The molecule has 0 N–H and O–H groups in total. The number of hydrogen-bond acceptors (Lipinski definition) is 0. The summed E-state index contributed by atoms with van der Waals surface area (Å²) in [5.74, 6) is 0. The van der Waals surface area contributed by atoms with Gasteiger partial charge in [0.1, 0.15) is 0 Å². The van der Waals surface area contributed by atoms with Crippen molar-refractivity contribution < 1.29 is 0 Å². The van der Waals surface area contributed by atoms with E-state index < -0.39 is 0 Å². The number of rotatable bonds is 2. The smallest absolute Gasteiger partial charge is 0.0486 e. The molecule has 15 heavy (non-hydrogen) atoms. The van der Waals surface area contributed by atoms with Crippen molar-refractivity contribution in [1.29, 1.82) is 0 Å². The molecule has 0 saturated heterocycles. The zero-order chi connectivity index (χ0) is 11.8. The van der Waals surface area contributed by atoms with Crippen molar-refractivity contribution in [2.45, 2.75) is 27.2 Å². The maximum absolute atomic E-state index is 6.07. The van der Waals surface area contributed by atoms with Gasteiger partial charge in [-0.25, -0.2) is 0 Å². The average Bonchev–Trinajstić information content (AvgIpc) is 2.26. The highest BCUT2D eigenvalue weighted by molar-refractivity contribution is 6.30. The molecule has 1 rings (SSSR count). The lowest BCUT2D eigenvalue weighted by atomic mass is 10.1. The summed E-state index contributed by atoms with van der Waals surface area (Å²) in [4.78, 5) is 0. The molecule has 0 bridgehead atoms. The molecule has 0 saturated carbocycles. The van der Waals surface area contributed by atoms with Crippen LogP contribution in [0, 0.1) is 0 Å². The van der Waals surface area contributed by atoms with E-state index >= 15 is 0 Å². The Bertz CT molecular complexity index is 415. The molecule has 0 atom stereocenters. The molecule has 0 unspecified atom stereocenters. The van der Waals surface area contributed by atoms with Gasteiger partial charge in [-0.1, -0.05) is 63.7 Å². The quantitative estimate of drug-likeness (QED) is 0.719. The first-order valence-corrected chi connectivity index (χ1v) is 5.67. The molecule has 0 fully saturated rings. The van der Waals surface area contributed by atoms with Crippen molar-refractivity contribution in [3.63, 3.8) is 0 Å². The Balaban J connectivity index is 0.000000921. The van der Waals surface area contributed by atoms with Gasteiger partial charge in [0.15, 0.2) is 0 Å². The van der Waals surface area contributed by atoms with Crippen LogP contribution >= 0.6 is 11.6 Å². The van der Waals surface area contributed by atoms with Crippen LogP contribution in [0.15, 0.2) is 30.9 Å². The van der Waals surface area contributed by atoms with Gasteiger partial charge < -0.3 is 0 Å². The molecular weight excluding hydrogens is 204 g/mol. The van der Waals surface area contributed by atoms with Crippen molar-refractivity contribution in [3.05, 3.63) is 46.3 Å². The largest absolute Gasteiger partial charge is 0.0988 e. The van der Waals surface area contributed by atoms with E-state index in [4.69, 9.17) is 11.6 Å². The van der Waals surface area contributed by atoms with Crippen LogP contribution in [-0.4, -0.2) is 0 Å². The second-order valence-electron chi connectivity index (χ2n) is 2.86. The third-order valence-corrected chi connectivity index (χ3v) is 2.36. The molecule has 1 heteroatoms. The topological polar surface area (TPSA) is 0 Å². The highest BCUT2D eigenvalue weighted by atomic mass is 35.5. The highest BCUT2D eigenvalue weighted by Crippen LogP contribution is 2.04. The van der Waals surface area contributed by atoms with E-state index in [1.807, 2.05) is 38.1 Å². The molecule has 0 heterocycles. The Labute approximate surface area is 97.6 Å². The van der Waals surface area contributed by atoms with Crippen molar-refractivity contribution in [2.24, 2.45) is 0 Å². The second kappa shape index (κ2) is 7.30. The zero-order valence-electron chi connectivity index (χ0n) is 9.81. The first-order chi connectivity index (χ1) is 7.20. The molecule has 0 amide bonds. The van der Waals surface area contributed by atoms with Crippen molar-refractivity contribution in [3.8, 4) is 0 Å². The number of benzene rings is 1. The van der Waals surface area contributed by atoms with Crippen LogP contribution in [0.5, 0.6) is 0 Å². The van der Waals surface area contributed by atoms with Crippen LogP contribution in [0.2, 0.25) is 5.02 Å². The second-order valence-corrected chi connectivity index (χ2v) is 3.26. The fraction of sp³-hybridized carbons (Fsp3) is 0.286. The fourth-order valence-corrected chi connectivity index (χ4v) is 1.67. The predicted octanol–water partition coefficient (Wildman–Crippen LogP) is 3.52. The highest BCUT2D eigenvalue weighted by Gasteiger charge is 1.96. The van der Waals surface area contributed by atoms with Crippen LogP contribution in [-0.2, 0) is 0 Å². The first kappa shape index (κ1) is 14.0. The van der Waals surface area contributed by atoms with E-state index in [1.54, 1.807) is 0 Å². The molecule has 0 nitrogen and oxygen atoms in total. The Morgan fingerprint density at radius 3 is 2.40 bits per heavy atom. The van der Waals surface area contributed by atoms with E-state index in [2.05, 4.69) is 20.1 Å². The van der Waals surface area contributed by atoms with Gasteiger partial charge in [-0.3, -0.25) is 0 Å². The minimum atomic E-state index is 0.754. The molecule has 1 aromatic rings. The molecule has 0 radical (unpaired) electrons. The SMILES string of the molecule is C=C/C(CC)=c1/c(Cl)cccc1=C.CC. The lowest BCUT2D eigenvalue weighted by Gasteiger charge is -1.99. The molecule has 82 valence electrons. The Morgan fingerprint density at radius 2 is 2.00 bits per heavy atom. The minimum Gasteiger partial charge on any atom is -0.0988 e. The minimum absolute atomic E-state index is 0.754. The molecular formula is C14H19Cl. The molecule has 1 aromatic carbocycles. The number of halogens is 1. The first-order valence-electron chi connectivity index (χ1n) is 5.29. The van der Waals surface area contributed by atoms with Crippen LogP contribution in [0.3, 0.4) is 0 Å². The number of allylic oxidation sites excluding steroid dienone is 1. The van der Waals surface area contributed by atoms with Crippen LogP contribution in [0.25, 0.3) is 12.2 Å². The van der Waals surface area contributed by atoms with E-state index in [0.717, 1.165) is 27.5 Å². The standard InChI is InChI=1S/C12H13Cl.C2H6/c1-4-10(5-2)12-9(3)7-6-8-11(12)13;1-2/h4,6-8H,1,3,5H2,2H3;1-2H3/b12-10-;. The van der Waals surface area contributed by atoms with Gasteiger partial charge in [-0.15, -0.1) is 0 Å². The van der Waals surface area contributed by atoms with E-state index in [-0.39, 0.29) is 0 Å². The third-order valence-electron chi connectivity index (χ3n) is 2.05. The van der Waals surface area contributed by atoms with Crippen LogP contribution in [0.4, 0.5) is 0 Å². The van der Waals surface area contributed by atoms with Crippen LogP contribution < -0.4 is 10.4 Å². The van der Waals surface area contributed by atoms with E-state index in [0.29, 0.717) is 0 Å². The van der Waals surface area contributed by atoms with Crippen molar-refractivity contribution in [1.82, 2.24) is 0 Å². The van der Waals surface area contributed by atoms with Crippen LogP contribution in [0.1, 0.15) is 27.2 Å². The molecule has 0 aliphatic heterocycles. The summed E-state index contributed by atoms with van der Waals surface area (Å²) in [6.07, 6.45) is 2.77.